The van der Waals surface area contributed by atoms with Crippen molar-refractivity contribution in [3.05, 3.63) is 28.8 Å². The average molecular weight is 261 g/mol. The van der Waals surface area contributed by atoms with Gasteiger partial charge in [0.15, 0.2) is 0 Å². The van der Waals surface area contributed by atoms with Crippen LogP contribution in [0.1, 0.15) is 24.2 Å². The molecule has 0 aliphatic rings. The number of aliphatic hydroxyl groups is 1. The normalized spacial score (nSPS) is 14.5. The molecule has 2 N–H and O–H groups in total. The number of aliphatic hydroxyl groups excluding tert-OH is 1. The van der Waals surface area contributed by atoms with Crippen molar-refractivity contribution < 1.29 is 15.0 Å². The van der Waals surface area contributed by atoms with Gasteiger partial charge in [0.05, 0.1) is 16.7 Å². The van der Waals surface area contributed by atoms with Crippen LogP contribution in [0.4, 0.5) is 0 Å². The van der Waals surface area contributed by atoms with Gasteiger partial charge in [-0.2, -0.15) is 0 Å². The van der Waals surface area contributed by atoms with E-state index >= 15 is 0 Å². The lowest BCUT2D eigenvalue weighted by molar-refractivity contribution is 0.0697. The number of rotatable bonds is 4. The van der Waals surface area contributed by atoms with Crippen LogP contribution in [-0.4, -0.2) is 27.5 Å². The van der Waals surface area contributed by atoms with Crippen LogP contribution in [0.5, 0.6) is 0 Å². The van der Waals surface area contributed by atoms with Gasteiger partial charge in [-0.3, -0.25) is 0 Å². The highest BCUT2D eigenvalue weighted by Gasteiger charge is 2.13. The Morgan fingerprint density at radius 1 is 1.44 bits per heavy atom. The molecule has 0 bridgehead atoms. The van der Waals surface area contributed by atoms with Crippen LogP contribution in [-0.2, 0) is 0 Å². The largest absolute Gasteiger partial charge is 0.478 e. The number of aromatic carboxylic acids is 1. The lowest BCUT2D eigenvalue weighted by atomic mass is 10.2. The summed E-state index contributed by atoms with van der Waals surface area (Å²) in [6.07, 6.45) is -0.450. The summed E-state index contributed by atoms with van der Waals surface area (Å²) >= 11 is 7.17. The van der Waals surface area contributed by atoms with Crippen molar-refractivity contribution in [2.24, 2.45) is 0 Å². The number of carbonyl (C=O) groups is 1. The minimum atomic E-state index is -1.04. The molecule has 0 aromatic heterocycles. The Hall–Kier alpha value is -0.710. The number of halogens is 1. The van der Waals surface area contributed by atoms with Gasteiger partial charge in [0.1, 0.15) is 0 Å². The third kappa shape index (κ3) is 3.40. The molecule has 1 aromatic carbocycles. The van der Waals surface area contributed by atoms with Crippen LogP contribution in [0.25, 0.3) is 0 Å². The maximum atomic E-state index is 10.9. The summed E-state index contributed by atoms with van der Waals surface area (Å²) in [5.74, 6) is -1.04. The molecule has 0 aliphatic heterocycles. The third-order valence-corrected chi connectivity index (χ3v) is 3.79. The lowest BCUT2D eigenvalue weighted by Crippen LogP contribution is -2.14. The van der Waals surface area contributed by atoms with Crippen molar-refractivity contribution in [3.63, 3.8) is 0 Å². The summed E-state index contributed by atoms with van der Waals surface area (Å²) in [4.78, 5) is 11.6. The van der Waals surface area contributed by atoms with E-state index in [1.807, 2.05) is 6.92 Å². The molecule has 1 aromatic rings. The van der Waals surface area contributed by atoms with Gasteiger partial charge in [-0.15, -0.1) is 11.8 Å². The van der Waals surface area contributed by atoms with Crippen LogP contribution < -0.4 is 0 Å². The third-order valence-electron chi connectivity index (χ3n) is 2.17. The first-order valence-corrected chi connectivity index (χ1v) is 6.05. The van der Waals surface area contributed by atoms with E-state index in [0.717, 1.165) is 4.90 Å². The molecule has 2 unspecified atom stereocenters. The van der Waals surface area contributed by atoms with Crippen LogP contribution in [0.15, 0.2) is 23.1 Å². The summed E-state index contributed by atoms with van der Waals surface area (Å²) in [7, 11) is 0. The number of hydrogen-bond acceptors (Lipinski definition) is 3. The van der Waals surface area contributed by atoms with Crippen LogP contribution in [0.2, 0.25) is 5.02 Å². The van der Waals surface area contributed by atoms with Crippen LogP contribution >= 0.6 is 23.4 Å². The smallest absolute Gasteiger partial charge is 0.337 e. The van der Waals surface area contributed by atoms with Gasteiger partial charge in [0.2, 0.25) is 0 Å². The first-order valence-electron chi connectivity index (χ1n) is 4.79. The zero-order valence-electron chi connectivity index (χ0n) is 8.98. The van der Waals surface area contributed by atoms with Crippen LogP contribution in [0.3, 0.4) is 0 Å². The maximum absolute atomic E-state index is 10.9. The van der Waals surface area contributed by atoms with Gasteiger partial charge in [0.25, 0.3) is 0 Å². The van der Waals surface area contributed by atoms with E-state index in [9.17, 15) is 9.90 Å². The molecule has 0 radical (unpaired) electrons. The quantitative estimate of drug-likeness (QED) is 0.818. The van der Waals surface area contributed by atoms with Gasteiger partial charge >= 0.3 is 5.97 Å². The minimum Gasteiger partial charge on any atom is -0.478 e. The Labute approximate surface area is 103 Å². The molecule has 0 saturated carbocycles. The second-order valence-electron chi connectivity index (χ2n) is 3.51. The molecule has 0 spiro atoms. The first-order chi connectivity index (χ1) is 7.41. The van der Waals surface area contributed by atoms with E-state index in [0.29, 0.717) is 0 Å². The fraction of sp³-hybridized carbons (Fsp3) is 0.364. The number of benzene rings is 1. The molecular formula is C11H13ClO3S. The first kappa shape index (κ1) is 13.4. The van der Waals surface area contributed by atoms with E-state index < -0.39 is 12.1 Å². The topological polar surface area (TPSA) is 57.5 Å². The average Bonchev–Trinajstić information content (AvgIpc) is 2.20. The van der Waals surface area contributed by atoms with E-state index in [2.05, 4.69) is 0 Å². The monoisotopic (exact) mass is 260 g/mol. The maximum Gasteiger partial charge on any atom is 0.337 e. The fourth-order valence-corrected chi connectivity index (χ4v) is 2.21. The summed E-state index contributed by atoms with van der Waals surface area (Å²) in [6.45, 7) is 3.58. The molecule has 16 heavy (non-hydrogen) atoms. The number of hydrogen-bond donors (Lipinski definition) is 2. The molecule has 5 heteroatoms. The molecule has 0 amide bonds. The summed E-state index contributed by atoms with van der Waals surface area (Å²) in [6, 6.07) is 4.83. The molecule has 1 rings (SSSR count). The second-order valence-corrected chi connectivity index (χ2v) is 5.37. The van der Waals surface area contributed by atoms with Crippen molar-refractivity contribution in [2.45, 2.75) is 30.1 Å². The molecule has 0 heterocycles. The summed E-state index contributed by atoms with van der Waals surface area (Å²) < 4.78 is 0. The molecular weight excluding hydrogens is 248 g/mol. The highest BCUT2D eigenvalue weighted by molar-refractivity contribution is 8.00. The predicted molar refractivity (Wildman–Crippen MR) is 65.4 cm³/mol. The van der Waals surface area contributed by atoms with Gasteiger partial charge in [-0.1, -0.05) is 18.5 Å². The van der Waals surface area contributed by atoms with E-state index in [1.165, 1.54) is 17.8 Å². The van der Waals surface area contributed by atoms with Crippen LogP contribution in [0, 0.1) is 0 Å². The van der Waals surface area contributed by atoms with E-state index in [1.54, 1.807) is 19.1 Å². The molecule has 88 valence electrons. The molecule has 2 atom stereocenters. The molecule has 0 aliphatic carbocycles. The standard InChI is InChI=1S/C11H13ClO3S/c1-6(13)7(2)16-8-3-4-10(12)9(5-8)11(14)15/h3-7,13H,1-2H3,(H,14,15). The lowest BCUT2D eigenvalue weighted by Gasteiger charge is -2.14. The predicted octanol–water partition coefficient (Wildman–Crippen LogP) is 2.90. The number of thioether (sulfide) groups is 1. The fourth-order valence-electron chi connectivity index (χ4n) is 1.05. The zero-order valence-corrected chi connectivity index (χ0v) is 10.5. The van der Waals surface area contributed by atoms with Crippen molar-refractivity contribution in [1.82, 2.24) is 0 Å². The Balaban J connectivity index is 2.91. The van der Waals surface area contributed by atoms with Gasteiger partial charge < -0.3 is 10.2 Å². The van der Waals surface area contributed by atoms with Gasteiger partial charge in [-0.25, -0.2) is 4.79 Å². The van der Waals surface area contributed by atoms with Crippen molar-refractivity contribution in [3.8, 4) is 0 Å². The van der Waals surface area contributed by atoms with E-state index in [-0.39, 0.29) is 15.8 Å². The van der Waals surface area contributed by atoms with Crippen molar-refractivity contribution in [1.29, 1.82) is 0 Å². The number of carboxylic acid groups (broad SMARTS) is 1. The Bertz CT molecular complexity index is 393. The summed E-state index contributed by atoms with van der Waals surface area (Å²) in [5.41, 5.74) is 0.0875. The van der Waals surface area contributed by atoms with E-state index in [4.69, 9.17) is 16.7 Å². The Morgan fingerprint density at radius 2 is 2.06 bits per heavy atom. The Morgan fingerprint density at radius 3 is 2.56 bits per heavy atom. The SMILES string of the molecule is CC(O)C(C)Sc1ccc(Cl)c(C(=O)O)c1. The highest BCUT2D eigenvalue weighted by Crippen LogP contribution is 2.28. The summed E-state index contributed by atoms with van der Waals surface area (Å²) in [5, 5.41) is 18.5. The van der Waals surface area contributed by atoms with Gasteiger partial charge in [-0.05, 0) is 25.1 Å². The van der Waals surface area contributed by atoms with Crippen molar-refractivity contribution >= 4 is 29.3 Å². The highest BCUT2D eigenvalue weighted by atomic mass is 35.5. The molecule has 3 nitrogen and oxygen atoms in total. The minimum absolute atomic E-state index is 0.00261. The zero-order chi connectivity index (χ0) is 12.3. The second kappa shape index (κ2) is 5.57. The number of carboxylic acids is 1. The Kier molecular flexibility index (Phi) is 4.65. The van der Waals surface area contributed by atoms with Crippen molar-refractivity contribution in [2.75, 3.05) is 0 Å². The van der Waals surface area contributed by atoms with Gasteiger partial charge in [0, 0.05) is 10.1 Å². The molecule has 0 fully saturated rings. The molecule has 0 saturated heterocycles.